The van der Waals surface area contributed by atoms with Crippen molar-refractivity contribution in [2.75, 3.05) is 5.75 Å². The molecule has 25 heavy (non-hydrogen) atoms. The van der Waals surface area contributed by atoms with E-state index in [1.807, 2.05) is 61.5 Å². The number of nitrogens with one attached hydrogen (secondary N) is 1. The topological polar surface area (TPSA) is 68.3 Å². The lowest BCUT2D eigenvalue weighted by Gasteiger charge is -2.10. The first-order chi connectivity index (χ1) is 12.2. The average Bonchev–Trinajstić information content (AvgIpc) is 3.23. The molecule has 0 saturated heterocycles. The van der Waals surface area contributed by atoms with E-state index in [4.69, 9.17) is 8.83 Å². The number of carbonyl (C=O) groups is 1. The predicted octanol–water partition coefficient (Wildman–Crippen LogP) is 4.54. The number of fused-ring (bicyclic) bond motifs is 2. The Hall–Kier alpha value is -2.73. The molecule has 1 atom stereocenters. The van der Waals surface area contributed by atoms with Crippen LogP contribution in [0.4, 0.5) is 0 Å². The van der Waals surface area contributed by atoms with E-state index in [-0.39, 0.29) is 17.7 Å². The van der Waals surface area contributed by atoms with Gasteiger partial charge in [0, 0.05) is 5.39 Å². The lowest BCUT2D eigenvalue weighted by atomic mass is 10.2. The first-order valence-corrected chi connectivity index (χ1v) is 8.94. The van der Waals surface area contributed by atoms with E-state index in [0.29, 0.717) is 5.22 Å². The Morgan fingerprint density at radius 1 is 1.12 bits per heavy atom. The number of oxazole rings is 1. The number of hydrogen-bond acceptors (Lipinski definition) is 5. The van der Waals surface area contributed by atoms with Crippen molar-refractivity contribution in [3.05, 3.63) is 60.4 Å². The van der Waals surface area contributed by atoms with Crippen LogP contribution in [0, 0.1) is 0 Å². The molecule has 0 saturated carbocycles. The lowest BCUT2D eigenvalue weighted by Crippen LogP contribution is -2.27. The number of para-hydroxylation sites is 3. The molecule has 2 heterocycles. The van der Waals surface area contributed by atoms with Crippen LogP contribution in [-0.2, 0) is 4.79 Å². The number of benzene rings is 2. The van der Waals surface area contributed by atoms with Crippen LogP contribution in [0.3, 0.4) is 0 Å². The molecule has 5 nitrogen and oxygen atoms in total. The molecule has 0 bridgehead atoms. The number of thioether (sulfide) groups is 1. The Morgan fingerprint density at radius 2 is 1.88 bits per heavy atom. The smallest absolute Gasteiger partial charge is 0.257 e. The highest BCUT2D eigenvalue weighted by molar-refractivity contribution is 7.99. The quantitative estimate of drug-likeness (QED) is 0.534. The number of aromatic nitrogens is 1. The Labute approximate surface area is 148 Å². The molecule has 1 unspecified atom stereocenters. The van der Waals surface area contributed by atoms with Crippen molar-refractivity contribution in [1.29, 1.82) is 0 Å². The van der Waals surface area contributed by atoms with Crippen molar-refractivity contribution >= 4 is 39.7 Å². The Balaban J connectivity index is 1.37. The second-order valence-electron chi connectivity index (χ2n) is 5.71. The molecule has 0 spiro atoms. The van der Waals surface area contributed by atoms with E-state index in [0.717, 1.165) is 27.8 Å². The highest BCUT2D eigenvalue weighted by Gasteiger charge is 2.15. The first-order valence-electron chi connectivity index (χ1n) is 7.95. The summed E-state index contributed by atoms with van der Waals surface area (Å²) in [6.07, 6.45) is 0. The van der Waals surface area contributed by atoms with E-state index < -0.39 is 0 Å². The molecule has 2 aromatic carbocycles. The van der Waals surface area contributed by atoms with Gasteiger partial charge in [-0.1, -0.05) is 42.1 Å². The van der Waals surface area contributed by atoms with Gasteiger partial charge < -0.3 is 14.2 Å². The minimum absolute atomic E-state index is 0.0970. The minimum Gasteiger partial charge on any atom is -0.459 e. The number of nitrogens with zero attached hydrogens (tertiary/aromatic N) is 1. The summed E-state index contributed by atoms with van der Waals surface area (Å²) in [7, 11) is 0. The Kier molecular flexibility index (Phi) is 4.19. The zero-order chi connectivity index (χ0) is 17.2. The molecule has 1 amide bonds. The lowest BCUT2D eigenvalue weighted by molar-refractivity contribution is -0.119. The fourth-order valence-corrected chi connectivity index (χ4v) is 3.26. The van der Waals surface area contributed by atoms with Gasteiger partial charge in [-0.25, -0.2) is 4.98 Å². The molecule has 4 rings (SSSR count). The third-order valence-electron chi connectivity index (χ3n) is 3.85. The molecule has 0 aliphatic carbocycles. The van der Waals surface area contributed by atoms with Crippen molar-refractivity contribution in [1.82, 2.24) is 10.3 Å². The average molecular weight is 352 g/mol. The molecule has 0 radical (unpaired) electrons. The fraction of sp³-hybridized carbons (Fsp3) is 0.158. The van der Waals surface area contributed by atoms with Gasteiger partial charge >= 0.3 is 0 Å². The van der Waals surface area contributed by atoms with Crippen molar-refractivity contribution in [3.8, 4) is 0 Å². The third kappa shape index (κ3) is 3.39. The zero-order valence-electron chi connectivity index (χ0n) is 13.6. The fourth-order valence-electron chi connectivity index (χ4n) is 2.61. The maximum atomic E-state index is 12.2. The van der Waals surface area contributed by atoms with E-state index in [1.165, 1.54) is 11.8 Å². The molecule has 1 N–H and O–H groups in total. The summed E-state index contributed by atoms with van der Waals surface area (Å²) in [4.78, 5) is 16.5. The normalized spacial score (nSPS) is 12.5. The second-order valence-corrected chi connectivity index (χ2v) is 6.64. The maximum Gasteiger partial charge on any atom is 0.257 e. The summed E-state index contributed by atoms with van der Waals surface area (Å²) in [6, 6.07) is 17.1. The summed E-state index contributed by atoms with van der Waals surface area (Å²) in [5, 5.41) is 4.46. The summed E-state index contributed by atoms with van der Waals surface area (Å²) in [6.45, 7) is 1.90. The van der Waals surface area contributed by atoms with Crippen LogP contribution in [0.25, 0.3) is 22.1 Å². The van der Waals surface area contributed by atoms with E-state index in [1.54, 1.807) is 0 Å². The van der Waals surface area contributed by atoms with Gasteiger partial charge in [-0.2, -0.15) is 0 Å². The Bertz CT molecular complexity index is 971. The molecule has 0 aliphatic heterocycles. The largest absolute Gasteiger partial charge is 0.459 e. The molecule has 6 heteroatoms. The van der Waals surface area contributed by atoms with Gasteiger partial charge in [0.25, 0.3) is 5.22 Å². The van der Waals surface area contributed by atoms with Crippen LogP contribution in [-0.4, -0.2) is 16.6 Å². The van der Waals surface area contributed by atoms with Crippen molar-refractivity contribution in [2.45, 2.75) is 18.2 Å². The number of hydrogen-bond donors (Lipinski definition) is 1. The van der Waals surface area contributed by atoms with Crippen LogP contribution in [0.1, 0.15) is 18.7 Å². The number of rotatable bonds is 5. The van der Waals surface area contributed by atoms with Crippen LogP contribution in [0.2, 0.25) is 0 Å². The minimum atomic E-state index is -0.205. The molecule has 2 aromatic heterocycles. The first kappa shape index (κ1) is 15.8. The molecule has 126 valence electrons. The predicted molar refractivity (Wildman–Crippen MR) is 97.5 cm³/mol. The van der Waals surface area contributed by atoms with E-state index in [9.17, 15) is 4.79 Å². The maximum absolute atomic E-state index is 12.2. The second kappa shape index (κ2) is 6.64. The number of carbonyl (C=O) groups excluding carboxylic acids is 1. The summed E-state index contributed by atoms with van der Waals surface area (Å²) >= 11 is 1.28. The van der Waals surface area contributed by atoms with Crippen LogP contribution in [0.5, 0.6) is 0 Å². The molecule has 0 fully saturated rings. The van der Waals surface area contributed by atoms with Crippen molar-refractivity contribution in [2.24, 2.45) is 0 Å². The van der Waals surface area contributed by atoms with Gasteiger partial charge in [0.05, 0.1) is 11.8 Å². The molecule has 4 aromatic rings. The van der Waals surface area contributed by atoms with Gasteiger partial charge in [0.15, 0.2) is 5.58 Å². The van der Waals surface area contributed by atoms with Crippen LogP contribution >= 0.6 is 11.8 Å². The zero-order valence-corrected chi connectivity index (χ0v) is 14.4. The third-order valence-corrected chi connectivity index (χ3v) is 4.68. The summed E-state index contributed by atoms with van der Waals surface area (Å²) < 4.78 is 11.4. The van der Waals surface area contributed by atoms with Crippen LogP contribution < -0.4 is 5.32 Å². The summed E-state index contributed by atoms with van der Waals surface area (Å²) in [5.41, 5.74) is 2.33. The van der Waals surface area contributed by atoms with Gasteiger partial charge in [0.1, 0.15) is 16.9 Å². The van der Waals surface area contributed by atoms with E-state index in [2.05, 4.69) is 10.3 Å². The highest BCUT2D eigenvalue weighted by Crippen LogP contribution is 2.25. The van der Waals surface area contributed by atoms with E-state index >= 15 is 0 Å². The molecular weight excluding hydrogens is 336 g/mol. The summed E-state index contributed by atoms with van der Waals surface area (Å²) in [5.74, 6) is 0.874. The molecular formula is C19H16N2O3S. The van der Waals surface area contributed by atoms with Crippen LogP contribution in [0.15, 0.2) is 68.7 Å². The van der Waals surface area contributed by atoms with Gasteiger partial charge in [-0.15, -0.1) is 0 Å². The van der Waals surface area contributed by atoms with Crippen molar-refractivity contribution in [3.63, 3.8) is 0 Å². The standard InChI is InChI=1S/C19H16N2O3S/c1-12(17-10-13-6-2-4-8-15(13)23-17)20-18(22)11-25-19-21-14-7-3-5-9-16(14)24-19/h2-10,12H,11H2,1H3,(H,20,22). The monoisotopic (exact) mass is 352 g/mol. The van der Waals surface area contributed by atoms with Gasteiger partial charge in [-0.3, -0.25) is 4.79 Å². The highest BCUT2D eigenvalue weighted by atomic mass is 32.2. The number of furan rings is 1. The van der Waals surface area contributed by atoms with Gasteiger partial charge in [-0.05, 0) is 31.2 Å². The Morgan fingerprint density at radius 3 is 2.68 bits per heavy atom. The SMILES string of the molecule is CC(NC(=O)CSc1nc2ccccc2o1)c1cc2ccccc2o1. The number of amides is 1. The van der Waals surface area contributed by atoms with Gasteiger partial charge in [0.2, 0.25) is 5.91 Å². The molecule has 0 aliphatic rings. The van der Waals surface area contributed by atoms with Crippen molar-refractivity contribution < 1.29 is 13.6 Å².